The van der Waals surface area contributed by atoms with Crippen LogP contribution in [-0.4, -0.2) is 60.5 Å². The molecule has 6 rings (SSSR count). The second-order valence-electron chi connectivity index (χ2n) is 18.0. The predicted molar refractivity (Wildman–Crippen MR) is 239 cm³/mol. The van der Waals surface area contributed by atoms with E-state index in [1.165, 1.54) is 29.8 Å². The van der Waals surface area contributed by atoms with E-state index in [1.54, 1.807) is 74.0 Å². The van der Waals surface area contributed by atoms with Crippen molar-refractivity contribution in [3.63, 3.8) is 0 Å². The Morgan fingerprint density at radius 2 is 1.19 bits per heavy atom. The summed E-state index contributed by atoms with van der Waals surface area (Å²) < 4.78 is 33.1. The maximum Gasteiger partial charge on any atom is 0.338 e. The van der Waals surface area contributed by atoms with Gasteiger partial charge in [0.25, 0.3) is 11.5 Å². The minimum atomic E-state index is -1.52. The summed E-state index contributed by atoms with van der Waals surface area (Å²) in [6.45, 7) is 15.8. The van der Waals surface area contributed by atoms with Crippen LogP contribution in [0.2, 0.25) is 0 Å². The molecule has 0 unspecified atom stereocenters. The summed E-state index contributed by atoms with van der Waals surface area (Å²) in [6, 6.07) is 31.6. The average molecular weight is 857 g/mol. The van der Waals surface area contributed by atoms with Crippen molar-refractivity contribution in [3.05, 3.63) is 176 Å². The summed E-state index contributed by atoms with van der Waals surface area (Å²) in [7, 11) is 3.17. The van der Waals surface area contributed by atoms with Crippen LogP contribution in [0.5, 0.6) is 11.5 Å². The molecule has 4 aromatic carbocycles. The third-order valence-electron chi connectivity index (χ3n) is 11.6. The molecule has 63 heavy (non-hydrogen) atoms. The number of aromatic nitrogens is 2. The first-order chi connectivity index (χ1) is 29.8. The molecule has 1 heterocycles. The fourth-order valence-electron chi connectivity index (χ4n) is 7.80. The molecule has 1 saturated carbocycles. The standard InChI is InChI=1S/C51H56N2O10/c1-33-30-52(47(58)53(43(33)54)44(55)35-17-13-11-14-18-35)41-29-42(63-46(57)49(6,7)8)50(34(41)2,31-61-45(56)48(3,4)5)32-62-51(36-19-15-12-16-20-36,37-21-25-39(59-9)26-22-37)38-23-27-40(60-10)28-24-38/h11-28,30,41-42H,2,29,31-32H2,1,3-10H3/t41-,42-,50-/m0/s1. The number of rotatable bonds is 13. The molecule has 12 heteroatoms. The summed E-state index contributed by atoms with van der Waals surface area (Å²) in [5, 5.41) is 0. The molecule has 0 spiro atoms. The van der Waals surface area contributed by atoms with Gasteiger partial charge in [-0.2, -0.15) is 4.57 Å². The van der Waals surface area contributed by atoms with Crippen LogP contribution in [0.15, 0.2) is 137 Å². The van der Waals surface area contributed by atoms with Crippen LogP contribution < -0.4 is 20.7 Å². The molecule has 0 saturated heterocycles. The Kier molecular flexibility index (Phi) is 13.2. The van der Waals surface area contributed by atoms with Gasteiger partial charge in [-0.05, 0) is 107 Å². The van der Waals surface area contributed by atoms with Gasteiger partial charge in [-0.25, -0.2) is 4.79 Å². The highest BCUT2D eigenvalue weighted by molar-refractivity contribution is 5.95. The number of hydrogen-bond acceptors (Lipinski definition) is 10. The van der Waals surface area contributed by atoms with Crippen molar-refractivity contribution < 1.29 is 38.1 Å². The summed E-state index contributed by atoms with van der Waals surface area (Å²) in [6.07, 6.45) is 0.239. The van der Waals surface area contributed by atoms with Gasteiger partial charge in [0, 0.05) is 23.7 Å². The first-order valence-corrected chi connectivity index (χ1v) is 20.8. The highest BCUT2D eigenvalue weighted by Gasteiger charge is 2.57. The lowest BCUT2D eigenvalue weighted by molar-refractivity contribution is -0.175. The normalized spacial score (nSPS) is 17.8. The van der Waals surface area contributed by atoms with Crippen molar-refractivity contribution in [2.45, 2.75) is 72.6 Å². The van der Waals surface area contributed by atoms with Gasteiger partial charge < -0.3 is 23.7 Å². The molecule has 5 aromatic rings. The molecule has 330 valence electrons. The smallest absolute Gasteiger partial charge is 0.338 e. The third-order valence-corrected chi connectivity index (χ3v) is 11.6. The molecule has 0 N–H and O–H groups in total. The van der Waals surface area contributed by atoms with E-state index in [1.807, 2.05) is 78.9 Å². The molecule has 1 aliphatic rings. The van der Waals surface area contributed by atoms with Crippen LogP contribution in [-0.2, 0) is 29.4 Å². The zero-order valence-electron chi connectivity index (χ0n) is 37.4. The minimum Gasteiger partial charge on any atom is -0.497 e. The molecular formula is C51H56N2O10. The number of esters is 2. The number of carbonyl (C=O) groups is 3. The van der Waals surface area contributed by atoms with Crippen molar-refractivity contribution in [3.8, 4) is 11.5 Å². The SMILES string of the molecule is C=C1[C@@H](n2cc(C)c(=O)n(C(=O)c3ccccc3)c2=O)C[C@H](OC(=O)C(C)(C)C)[C@@]1(COC(=O)C(C)(C)C)COC(c1ccccc1)(c1ccc(OC)cc1)c1ccc(OC)cc1. The summed E-state index contributed by atoms with van der Waals surface area (Å²) in [4.78, 5) is 69.8. The highest BCUT2D eigenvalue weighted by Crippen LogP contribution is 2.53. The number of carbonyl (C=O) groups excluding carboxylic acids is 3. The van der Waals surface area contributed by atoms with Crippen LogP contribution in [0, 0.1) is 23.2 Å². The Bertz CT molecular complexity index is 2540. The molecular weight excluding hydrogens is 801 g/mol. The Morgan fingerprint density at radius 1 is 0.698 bits per heavy atom. The first kappa shape index (κ1) is 46.0. The van der Waals surface area contributed by atoms with Gasteiger partial charge in [0.2, 0.25) is 0 Å². The van der Waals surface area contributed by atoms with E-state index in [2.05, 4.69) is 6.58 Å². The van der Waals surface area contributed by atoms with E-state index in [9.17, 15) is 24.0 Å². The summed E-state index contributed by atoms with van der Waals surface area (Å²) in [5.41, 5.74) is -3.75. The lowest BCUT2D eigenvalue weighted by Gasteiger charge is -2.42. The van der Waals surface area contributed by atoms with E-state index in [0.717, 1.165) is 5.56 Å². The lowest BCUT2D eigenvalue weighted by atomic mass is 9.78. The predicted octanol–water partition coefficient (Wildman–Crippen LogP) is 8.07. The summed E-state index contributed by atoms with van der Waals surface area (Å²) in [5.74, 6) is -0.652. The number of ether oxygens (including phenoxy) is 5. The Balaban J connectivity index is 1.60. The van der Waals surface area contributed by atoms with E-state index in [4.69, 9.17) is 23.7 Å². The van der Waals surface area contributed by atoms with E-state index in [0.29, 0.717) is 32.8 Å². The molecule has 0 radical (unpaired) electrons. The fraction of sp³-hybridized carbons (Fsp3) is 0.353. The second-order valence-corrected chi connectivity index (χ2v) is 18.0. The fourth-order valence-corrected chi connectivity index (χ4v) is 7.80. The topological polar surface area (TPSA) is 141 Å². The number of nitrogens with zero attached hydrogens (tertiary/aromatic N) is 2. The number of methoxy groups -OCH3 is 2. The van der Waals surface area contributed by atoms with E-state index < -0.39 is 63.1 Å². The number of hydrogen-bond donors (Lipinski definition) is 0. The van der Waals surface area contributed by atoms with Crippen molar-refractivity contribution in [1.82, 2.24) is 9.13 Å². The van der Waals surface area contributed by atoms with Gasteiger partial charge in [0.15, 0.2) is 0 Å². The van der Waals surface area contributed by atoms with Crippen LogP contribution in [0.25, 0.3) is 0 Å². The second kappa shape index (κ2) is 18.1. The molecule has 3 atom stereocenters. The molecule has 0 bridgehead atoms. The zero-order chi connectivity index (χ0) is 45.9. The quantitative estimate of drug-likeness (QED) is 0.0649. The van der Waals surface area contributed by atoms with Crippen molar-refractivity contribution in [2.75, 3.05) is 27.4 Å². The maximum absolute atomic E-state index is 14.6. The largest absolute Gasteiger partial charge is 0.497 e. The molecule has 1 aliphatic carbocycles. The third kappa shape index (κ3) is 9.04. The van der Waals surface area contributed by atoms with Gasteiger partial charge in [0.1, 0.15) is 29.8 Å². The number of aryl methyl sites for hydroxylation is 1. The van der Waals surface area contributed by atoms with Gasteiger partial charge in [0.05, 0.1) is 43.1 Å². The molecule has 1 fully saturated rings. The van der Waals surface area contributed by atoms with Crippen LogP contribution >= 0.6 is 0 Å². The minimum absolute atomic E-state index is 0.0441. The maximum atomic E-state index is 14.6. The van der Waals surface area contributed by atoms with E-state index in [-0.39, 0.29) is 30.8 Å². The molecule has 0 amide bonds. The Morgan fingerprint density at radius 3 is 1.68 bits per heavy atom. The first-order valence-electron chi connectivity index (χ1n) is 20.8. The monoisotopic (exact) mass is 856 g/mol. The van der Waals surface area contributed by atoms with Gasteiger partial charge in [-0.1, -0.05) is 79.4 Å². The van der Waals surface area contributed by atoms with Crippen LogP contribution in [0.4, 0.5) is 0 Å². The number of benzene rings is 4. The zero-order valence-corrected chi connectivity index (χ0v) is 37.4. The van der Waals surface area contributed by atoms with Gasteiger partial charge in [-0.15, -0.1) is 0 Å². The van der Waals surface area contributed by atoms with Crippen LogP contribution in [0.3, 0.4) is 0 Å². The Labute approximate surface area is 368 Å². The molecule has 12 nitrogen and oxygen atoms in total. The lowest BCUT2D eigenvalue weighted by Crippen LogP contribution is -2.48. The van der Waals surface area contributed by atoms with Crippen LogP contribution in [0.1, 0.15) is 86.6 Å². The average Bonchev–Trinajstić information content (AvgIpc) is 3.53. The molecule has 1 aromatic heterocycles. The van der Waals surface area contributed by atoms with Crippen molar-refractivity contribution in [2.24, 2.45) is 16.2 Å². The van der Waals surface area contributed by atoms with Crippen molar-refractivity contribution in [1.29, 1.82) is 0 Å². The Hall–Kier alpha value is -6.53. The van der Waals surface area contributed by atoms with Gasteiger partial charge >= 0.3 is 17.6 Å². The van der Waals surface area contributed by atoms with E-state index >= 15 is 0 Å². The summed E-state index contributed by atoms with van der Waals surface area (Å²) >= 11 is 0. The van der Waals surface area contributed by atoms with Crippen molar-refractivity contribution >= 4 is 17.8 Å². The van der Waals surface area contributed by atoms with Gasteiger partial charge in [-0.3, -0.25) is 23.7 Å². The molecule has 0 aliphatic heterocycles. The highest BCUT2D eigenvalue weighted by atomic mass is 16.6.